The molecular weight excluding hydrogens is 2150 g/mol. The third-order valence-corrected chi connectivity index (χ3v) is 28.2. The second kappa shape index (κ2) is 54.0. The van der Waals surface area contributed by atoms with Crippen LogP contribution in [0.15, 0.2) is 403 Å². The maximum absolute atomic E-state index is 11.6. The Balaban J connectivity index is 0.000000153. The topological polar surface area (TPSA) is 243 Å². The van der Waals surface area contributed by atoms with Gasteiger partial charge in [-0.3, -0.25) is 24.0 Å². The first-order valence-electron chi connectivity index (χ1n) is 46.4. The number of hydrogen-bond acceptors (Lipinski definition) is 14. The van der Waals surface area contributed by atoms with Gasteiger partial charge in [0, 0.05) is 78.6 Å². The van der Waals surface area contributed by atoms with E-state index in [0.717, 1.165) is 152 Å². The number of nitrogen functional groups attached to an aromatic ring is 2. The summed E-state index contributed by atoms with van der Waals surface area (Å²) in [6.07, 6.45) is 4.09. The van der Waals surface area contributed by atoms with E-state index in [1.807, 2.05) is 322 Å². The maximum atomic E-state index is 11.6. The minimum absolute atomic E-state index is 0.421. The molecule has 0 saturated carbocycles. The molecule has 7 N–H and O–H groups in total. The first-order valence-corrected chi connectivity index (χ1v) is 51.0. The minimum atomic E-state index is -1.34. The molecule has 17 aromatic carbocycles. The number of H-pyrrole nitrogens is 1. The number of hydrogen-bond donors (Lipinski definition) is 5. The van der Waals surface area contributed by atoms with Crippen molar-refractivity contribution in [2.75, 3.05) is 11.5 Å². The average molecular weight is 2250 g/mol. The van der Waals surface area contributed by atoms with Gasteiger partial charge in [0.25, 0.3) is 0 Å². The van der Waals surface area contributed by atoms with E-state index in [1.54, 1.807) is 97.1 Å². The molecule has 2 fully saturated rings. The van der Waals surface area contributed by atoms with Crippen molar-refractivity contribution in [1.82, 2.24) is 9.97 Å². The van der Waals surface area contributed by atoms with Crippen molar-refractivity contribution in [3.8, 4) is 89.3 Å². The molecule has 0 amide bonds. The number of aromatic amines is 1. The van der Waals surface area contributed by atoms with Crippen LogP contribution in [0.4, 0.5) is 11.4 Å². The molecule has 2 aliphatic rings. The van der Waals surface area contributed by atoms with Crippen molar-refractivity contribution in [1.29, 1.82) is 0 Å². The zero-order valence-electron chi connectivity index (χ0n) is 81.6. The predicted octanol–water partition coefficient (Wildman–Crippen LogP) is 31.6. The summed E-state index contributed by atoms with van der Waals surface area (Å²) in [6.45, 7) is 16.0. The number of carbonyl (C=O) groups is 5. The standard InChI is InChI=1S/C25H16Cl2N2.2C19H21BO3.C19H12Cl2O.C13H9ClO.C7H4BrClO.C6H7BO2.C6H3BrCl2.C6H8N2/c26-18-11-13-20(22(27)15-18)19-12-10-17(16-6-2-1-3-7-16)14-21(19)25-28-23-8-4-5-9-24(23)29-25;2*1-18(2)19(3,4)23-20(22-18)17-11-10-15(12-16(17)13-21)14-8-6-5-7-9-14;20-16-7-9-18(19(21)11-16)17-8-6-14(10-15(17)12-22)13-4-2-1-3-5-13;14-13-7-6-11(8-12(13)9-15)10-4-2-1-3-5-10;8-6-1-2-7(9)5(3-6)4-10;8-7(9)6-4-2-1-3-5-6;7-5-2-1-4(8)3-6(5)9;7-5-3-1-2-4-6(5)8/h1-15H,(H,28,29);2*5-13H,1-4H3;1-12H;1-9H;1-4H;1-5,8-9H;1-3H;1-4H,7-8H2. The fraction of sp³-hybridized carbons (Fsp3) is 0.100. The van der Waals surface area contributed by atoms with E-state index in [0.29, 0.717) is 84.8 Å². The Morgan fingerprint density at radius 2 is 0.608 bits per heavy atom. The van der Waals surface area contributed by atoms with Gasteiger partial charge in [-0.15, -0.1) is 0 Å². The number of nitrogens with two attached hydrogens (primary N) is 2. The summed E-state index contributed by atoms with van der Waals surface area (Å²) in [4.78, 5) is 63.9. The summed E-state index contributed by atoms with van der Waals surface area (Å²) in [5, 5.41) is 21.8. The summed E-state index contributed by atoms with van der Waals surface area (Å²) < 4.78 is 26.0. The van der Waals surface area contributed by atoms with E-state index < -0.39 is 43.8 Å². The number of anilines is 2. The summed E-state index contributed by atoms with van der Waals surface area (Å²) in [5.74, 6) is 0.810. The van der Waals surface area contributed by atoms with E-state index in [-0.39, 0.29) is 0 Å². The van der Waals surface area contributed by atoms with E-state index in [1.165, 1.54) is 0 Å². The molecule has 0 atom stereocenters. The number of imidazole rings is 1. The summed E-state index contributed by atoms with van der Waals surface area (Å²) in [6, 6.07) is 125. The normalized spacial score (nSPS) is 12.9. The van der Waals surface area contributed by atoms with Crippen LogP contribution in [0.2, 0.25) is 40.2 Å². The van der Waals surface area contributed by atoms with Crippen LogP contribution in [-0.2, 0) is 18.6 Å². The molecule has 746 valence electrons. The first kappa shape index (κ1) is 114. The van der Waals surface area contributed by atoms with Crippen LogP contribution >= 0.6 is 125 Å². The quantitative estimate of drug-likeness (QED) is 0.0262. The van der Waals surface area contributed by atoms with Gasteiger partial charge < -0.3 is 45.1 Å². The highest BCUT2D eigenvalue weighted by molar-refractivity contribution is 9.10. The van der Waals surface area contributed by atoms with Crippen LogP contribution in [0.3, 0.4) is 0 Å². The van der Waals surface area contributed by atoms with Gasteiger partial charge in [0.2, 0.25) is 0 Å². The van der Waals surface area contributed by atoms with Crippen LogP contribution < -0.4 is 27.9 Å². The number of nitrogens with zero attached hydrogens (tertiary/aromatic N) is 1. The van der Waals surface area contributed by atoms with Crippen LogP contribution in [-0.4, -0.2) is 95.2 Å². The molecule has 0 spiro atoms. The first-order chi connectivity index (χ1) is 70.9. The molecule has 0 bridgehead atoms. The van der Waals surface area contributed by atoms with Gasteiger partial charge in [-0.25, -0.2) is 4.98 Å². The molecule has 28 heteroatoms. The van der Waals surface area contributed by atoms with Crippen molar-refractivity contribution < 1.29 is 52.6 Å². The zero-order valence-corrected chi connectivity index (χ0v) is 90.8. The Labute approximate surface area is 920 Å². The van der Waals surface area contributed by atoms with Gasteiger partial charge in [0.15, 0.2) is 18.9 Å². The van der Waals surface area contributed by atoms with Gasteiger partial charge in [-0.2, -0.15) is 0 Å². The number of fused-ring (bicyclic) bond motifs is 1. The number of rotatable bonds is 16. The third-order valence-electron chi connectivity index (χ3n) is 24.4. The fourth-order valence-electron chi connectivity index (χ4n) is 15.0. The molecule has 18 aromatic rings. The Morgan fingerprint density at radius 1 is 0.297 bits per heavy atom. The number of carbonyl (C=O) groups excluding carboxylic acids is 5. The lowest BCUT2D eigenvalue weighted by molar-refractivity contribution is 0.00578. The molecular formula is C120H101B3Br2Cl8N4O11. The molecule has 148 heavy (non-hydrogen) atoms. The average Bonchev–Trinajstić information content (AvgIpc) is 1.60. The molecule has 0 radical (unpaired) electrons. The smallest absolute Gasteiger partial charge is 0.423 e. The summed E-state index contributed by atoms with van der Waals surface area (Å²) in [5.41, 5.74) is 32.4. The third kappa shape index (κ3) is 31.1. The largest absolute Gasteiger partial charge is 0.495 e. The maximum Gasteiger partial charge on any atom is 0.495 e. The number of aromatic nitrogens is 2. The molecule has 3 heterocycles. The van der Waals surface area contributed by atoms with Crippen molar-refractivity contribution >= 4 is 216 Å². The van der Waals surface area contributed by atoms with E-state index in [9.17, 15) is 24.0 Å². The van der Waals surface area contributed by atoms with E-state index >= 15 is 0 Å². The molecule has 15 nitrogen and oxygen atoms in total. The minimum Gasteiger partial charge on any atom is -0.423 e. The monoisotopic (exact) mass is 2240 g/mol. The Bertz CT molecular complexity index is 7370. The number of aldehydes is 5. The number of halogens is 10. The van der Waals surface area contributed by atoms with Gasteiger partial charge in [-0.1, -0.05) is 382 Å². The Hall–Kier alpha value is -12.6. The molecule has 0 aliphatic carbocycles. The lowest BCUT2D eigenvalue weighted by atomic mass is 9.75. The summed E-state index contributed by atoms with van der Waals surface area (Å²) in [7, 11) is -2.39. The second-order valence-corrected chi connectivity index (χ2v) is 40.7. The highest BCUT2D eigenvalue weighted by Gasteiger charge is 2.53. The lowest BCUT2D eigenvalue weighted by Gasteiger charge is -2.32. The lowest BCUT2D eigenvalue weighted by Crippen LogP contribution is -2.41. The zero-order chi connectivity index (χ0) is 106. The number of benzene rings is 17. The molecule has 2 aliphatic heterocycles. The SMILES string of the molecule is CC1(C)OB(c2ccc(-c3ccccc3)cc2C=O)OC1(C)C.CC1(C)OB(c2ccc(-c3ccccc3)cc2C=O)OC1(C)C.Clc1ccc(-c2ccc(-c3ccccc3)cc2-c2nc3ccccc3[nH]2)c(Cl)c1.Clc1ccc(Br)c(Cl)c1.Nc1ccccc1N.O=Cc1cc(-c2ccccc2)ccc1-c1ccc(Cl)cc1Cl.O=Cc1cc(-c2ccccc2)ccc1Cl.O=Cc1cc(Br)ccc1Cl.OB(O)c1ccccc1. The van der Waals surface area contributed by atoms with Gasteiger partial charge in [0.05, 0.1) is 59.9 Å². The highest BCUT2D eigenvalue weighted by atomic mass is 79.9. The second-order valence-electron chi connectivity index (χ2n) is 35.6. The van der Waals surface area contributed by atoms with Crippen molar-refractivity contribution in [3.05, 3.63) is 471 Å². The van der Waals surface area contributed by atoms with Gasteiger partial charge in [-0.05, 0) is 276 Å². The van der Waals surface area contributed by atoms with Gasteiger partial charge >= 0.3 is 21.4 Å². The fourth-order valence-corrected chi connectivity index (χ4v) is 17.4. The van der Waals surface area contributed by atoms with Crippen LogP contribution in [0, 0.1) is 0 Å². The Morgan fingerprint density at radius 3 is 0.966 bits per heavy atom. The van der Waals surface area contributed by atoms with Crippen LogP contribution in [0.1, 0.15) is 107 Å². The molecule has 0 unspecified atom stereocenters. The van der Waals surface area contributed by atoms with Crippen molar-refractivity contribution in [3.63, 3.8) is 0 Å². The van der Waals surface area contributed by atoms with Crippen molar-refractivity contribution in [2.24, 2.45) is 0 Å². The number of para-hydroxylation sites is 4. The van der Waals surface area contributed by atoms with Crippen molar-refractivity contribution in [2.45, 2.75) is 77.8 Å². The number of nitrogens with one attached hydrogen (secondary N) is 1. The van der Waals surface area contributed by atoms with Crippen LogP contribution in [0.5, 0.6) is 0 Å². The highest BCUT2D eigenvalue weighted by Crippen LogP contribution is 2.43. The van der Waals surface area contributed by atoms with Gasteiger partial charge in [0.1, 0.15) is 18.4 Å². The summed E-state index contributed by atoms with van der Waals surface area (Å²) >= 11 is 54.1. The van der Waals surface area contributed by atoms with E-state index in [4.69, 9.17) is 138 Å². The molecule has 20 rings (SSSR count). The Kier molecular flexibility index (Phi) is 41.7. The predicted molar refractivity (Wildman–Crippen MR) is 624 cm³/mol. The molecule has 2 saturated heterocycles. The van der Waals surface area contributed by atoms with E-state index in [2.05, 4.69) is 67.2 Å². The molecule has 1 aromatic heterocycles. The van der Waals surface area contributed by atoms with Crippen LogP contribution in [0.25, 0.3) is 100 Å².